The average molecular weight is 847 g/mol. The highest BCUT2D eigenvalue weighted by atomic mass is 16.5. The van der Waals surface area contributed by atoms with Crippen LogP contribution in [-0.2, 0) is 28.6 Å². The van der Waals surface area contributed by atoms with Crippen LogP contribution in [0.5, 0.6) is 0 Å². The van der Waals surface area contributed by atoms with Gasteiger partial charge in [-0.3, -0.25) is 14.4 Å². The van der Waals surface area contributed by atoms with Crippen LogP contribution in [0.25, 0.3) is 33.4 Å². The number of fused-ring (bicyclic) bond motifs is 9. The summed E-state index contributed by atoms with van der Waals surface area (Å²) in [4.78, 5) is 35.4. The molecule has 0 atom stereocenters. The van der Waals surface area contributed by atoms with Gasteiger partial charge in [-0.25, -0.2) is 0 Å². The Kier molecular flexibility index (Phi) is 14.7. The molecule has 0 amide bonds. The summed E-state index contributed by atoms with van der Waals surface area (Å²) in [6.07, 6.45) is 1.88. The smallest absolute Gasteiger partial charge is 0.308 e. The number of benzene rings is 6. The van der Waals surface area contributed by atoms with Crippen molar-refractivity contribution in [1.82, 2.24) is 0 Å². The van der Waals surface area contributed by atoms with E-state index in [1.54, 1.807) is 0 Å². The van der Waals surface area contributed by atoms with Gasteiger partial charge in [-0.05, 0) is 85.0 Å². The maximum absolute atomic E-state index is 11.9. The molecule has 6 aromatic carbocycles. The largest absolute Gasteiger partial charge is 0.465 e. The van der Waals surface area contributed by atoms with Gasteiger partial charge in [-0.1, -0.05) is 187 Å². The molecule has 63 heavy (non-hydrogen) atoms. The number of carbonyl (C=O) groups excluding carboxylic acids is 3. The SMILES string of the molecule is CC(C)C(=O)OCC1c2ccccc2-c2ccccc21.CC(C)CC(=O)OCC1c2ccccc2-c2ccccc21.CC(C)CCC(=O)OCC1c2ccccc2-c2ccccc21.[HH].[HH].[HH]. The van der Waals surface area contributed by atoms with Gasteiger partial charge in [0.05, 0.1) is 5.92 Å². The van der Waals surface area contributed by atoms with E-state index in [9.17, 15) is 14.4 Å². The van der Waals surface area contributed by atoms with E-state index in [0.717, 1.165) is 6.42 Å². The van der Waals surface area contributed by atoms with E-state index in [-0.39, 0.29) is 45.9 Å². The number of carbonyl (C=O) groups is 3. The Morgan fingerprint density at radius 3 is 0.984 bits per heavy atom. The van der Waals surface area contributed by atoms with Crippen LogP contribution in [-0.4, -0.2) is 37.7 Å². The Balaban J connectivity index is 0.000000212. The number of ether oxygens (including phenoxy) is 3. The van der Waals surface area contributed by atoms with E-state index < -0.39 is 0 Å². The van der Waals surface area contributed by atoms with Crippen LogP contribution in [0.15, 0.2) is 146 Å². The van der Waals surface area contributed by atoms with E-state index >= 15 is 0 Å². The second kappa shape index (κ2) is 20.7. The minimum absolute atomic E-state index is 0. The van der Waals surface area contributed by atoms with Gasteiger partial charge in [0.25, 0.3) is 0 Å². The zero-order valence-corrected chi connectivity index (χ0v) is 37.5. The van der Waals surface area contributed by atoms with Crippen LogP contribution in [0.3, 0.4) is 0 Å². The molecule has 6 aromatic rings. The first-order valence-electron chi connectivity index (χ1n) is 22.5. The van der Waals surface area contributed by atoms with Crippen LogP contribution in [0.2, 0.25) is 0 Å². The van der Waals surface area contributed by atoms with Crippen LogP contribution in [0.4, 0.5) is 0 Å². The quantitative estimate of drug-likeness (QED) is 0.0902. The molecule has 330 valence electrons. The molecular formula is C57H66O6. The third-order valence-electron chi connectivity index (χ3n) is 12.1. The van der Waals surface area contributed by atoms with Crippen molar-refractivity contribution in [2.75, 3.05) is 19.8 Å². The standard InChI is InChI=1S/C20H22O2.C19H20O2.C18H18O2.3H2/c1-14(2)11-12-20(21)22-13-19-17-9-5-3-7-15(17)16-8-4-6-10-18(16)19;1-13(2)11-19(20)21-12-18-16-9-5-3-7-14(16)15-8-4-6-10-17(15)18;1-12(2)18(19)20-11-17-15-9-5-3-7-13(15)14-8-4-6-10-16(14)17;;;/h3-10,14,19H,11-13H2,1-2H3;3-10,13,18H,11-12H2,1-2H3;3-10,12,17H,11H2,1-2H3;3*1H. The molecule has 0 aromatic heterocycles. The van der Waals surface area contributed by atoms with Gasteiger partial charge in [-0.2, -0.15) is 0 Å². The van der Waals surface area contributed by atoms with Crippen LogP contribution in [0.1, 0.15) is 116 Å². The first-order valence-corrected chi connectivity index (χ1v) is 22.5. The van der Waals surface area contributed by atoms with Crippen molar-refractivity contribution >= 4 is 17.9 Å². The lowest BCUT2D eigenvalue weighted by Gasteiger charge is -2.15. The summed E-state index contributed by atoms with van der Waals surface area (Å²) in [6.45, 7) is 13.3. The molecule has 0 heterocycles. The summed E-state index contributed by atoms with van der Waals surface area (Å²) in [6, 6.07) is 50.3. The highest BCUT2D eigenvalue weighted by molar-refractivity contribution is 5.81. The van der Waals surface area contributed by atoms with Crippen molar-refractivity contribution < 1.29 is 32.9 Å². The molecule has 3 aliphatic carbocycles. The Labute approximate surface area is 378 Å². The first-order chi connectivity index (χ1) is 30.5. The van der Waals surface area contributed by atoms with E-state index in [2.05, 4.69) is 135 Å². The number of esters is 3. The molecule has 0 spiro atoms. The Bertz CT molecular complexity index is 2410. The van der Waals surface area contributed by atoms with Gasteiger partial charge in [0.15, 0.2) is 0 Å². The van der Waals surface area contributed by atoms with Crippen molar-refractivity contribution in [2.45, 2.75) is 78.6 Å². The van der Waals surface area contributed by atoms with Crippen molar-refractivity contribution in [2.24, 2.45) is 17.8 Å². The third-order valence-corrected chi connectivity index (χ3v) is 12.1. The molecular weight excluding hydrogens is 781 g/mol. The van der Waals surface area contributed by atoms with Gasteiger partial charge in [0, 0.05) is 34.9 Å². The molecule has 0 radical (unpaired) electrons. The fraction of sp³-hybridized carbons (Fsp3) is 0.316. The van der Waals surface area contributed by atoms with Gasteiger partial charge < -0.3 is 14.2 Å². The Morgan fingerprint density at radius 1 is 0.413 bits per heavy atom. The molecule has 0 saturated carbocycles. The van der Waals surface area contributed by atoms with Crippen molar-refractivity contribution in [1.29, 1.82) is 0 Å². The maximum atomic E-state index is 11.9. The molecule has 0 N–H and O–H groups in total. The summed E-state index contributed by atoms with van der Waals surface area (Å²) in [7, 11) is 0. The van der Waals surface area contributed by atoms with Gasteiger partial charge in [0.2, 0.25) is 0 Å². The molecule has 3 aliphatic rings. The normalized spacial score (nSPS) is 13.1. The molecule has 0 aliphatic heterocycles. The molecule has 0 fully saturated rings. The second-order valence-electron chi connectivity index (χ2n) is 17.9. The predicted molar refractivity (Wildman–Crippen MR) is 259 cm³/mol. The van der Waals surface area contributed by atoms with E-state index in [0.29, 0.717) is 44.5 Å². The molecule has 9 rings (SSSR count). The lowest BCUT2D eigenvalue weighted by atomic mass is 9.98. The summed E-state index contributed by atoms with van der Waals surface area (Å²) in [5.41, 5.74) is 15.1. The summed E-state index contributed by atoms with van der Waals surface area (Å²) >= 11 is 0. The number of rotatable bonds is 12. The van der Waals surface area contributed by atoms with Gasteiger partial charge in [0.1, 0.15) is 19.8 Å². The van der Waals surface area contributed by atoms with Gasteiger partial charge >= 0.3 is 17.9 Å². The average Bonchev–Trinajstić information content (AvgIpc) is 3.91. The monoisotopic (exact) mass is 846 g/mol. The summed E-state index contributed by atoms with van der Waals surface area (Å²) < 4.78 is 16.5. The lowest BCUT2D eigenvalue weighted by molar-refractivity contribution is -0.147. The maximum Gasteiger partial charge on any atom is 0.308 e. The minimum atomic E-state index is -0.133. The molecule has 6 nitrogen and oxygen atoms in total. The fourth-order valence-electron chi connectivity index (χ4n) is 8.87. The minimum Gasteiger partial charge on any atom is -0.465 e. The first kappa shape index (κ1) is 44.8. The fourth-order valence-corrected chi connectivity index (χ4v) is 8.87. The number of hydrogen-bond donors (Lipinski definition) is 0. The molecule has 0 unspecified atom stereocenters. The Hall–Kier alpha value is -6.27. The van der Waals surface area contributed by atoms with Crippen molar-refractivity contribution in [3.8, 4) is 33.4 Å². The van der Waals surface area contributed by atoms with Crippen LogP contribution >= 0.6 is 0 Å². The molecule has 0 saturated heterocycles. The Morgan fingerprint density at radius 2 is 0.698 bits per heavy atom. The second-order valence-corrected chi connectivity index (χ2v) is 17.9. The highest BCUT2D eigenvalue weighted by Crippen LogP contribution is 2.47. The zero-order chi connectivity index (χ0) is 44.5. The summed E-state index contributed by atoms with van der Waals surface area (Å²) in [5.74, 6) is 0.936. The highest BCUT2D eigenvalue weighted by Gasteiger charge is 2.31. The van der Waals surface area contributed by atoms with Crippen molar-refractivity contribution in [3.05, 3.63) is 179 Å². The van der Waals surface area contributed by atoms with E-state index in [1.807, 2.05) is 52.0 Å². The third kappa shape index (κ3) is 10.5. The number of hydrogen-bond acceptors (Lipinski definition) is 6. The lowest BCUT2D eigenvalue weighted by Crippen LogP contribution is -2.16. The van der Waals surface area contributed by atoms with E-state index in [1.165, 1.54) is 66.8 Å². The molecule has 0 bridgehead atoms. The van der Waals surface area contributed by atoms with Crippen molar-refractivity contribution in [3.63, 3.8) is 0 Å². The zero-order valence-electron chi connectivity index (χ0n) is 37.5. The topological polar surface area (TPSA) is 78.9 Å². The van der Waals surface area contributed by atoms with Crippen LogP contribution < -0.4 is 0 Å². The van der Waals surface area contributed by atoms with Crippen LogP contribution in [0, 0.1) is 17.8 Å². The molecule has 6 heteroatoms. The van der Waals surface area contributed by atoms with E-state index in [4.69, 9.17) is 14.2 Å². The van der Waals surface area contributed by atoms with Gasteiger partial charge in [-0.15, -0.1) is 0 Å². The summed E-state index contributed by atoms with van der Waals surface area (Å²) in [5, 5.41) is 0. The predicted octanol–water partition coefficient (Wildman–Crippen LogP) is 13.9.